The summed E-state index contributed by atoms with van der Waals surface area (Å²) in [5.74, 6) is -1.09. The Hall–Kier alpha value is -2.37. The van der Waals surface area contributed by atoms with E-state index in [9.17, 15) is 14.4 Å². The number of nitrogens with two attached hydrogens (primary N) is 1. The van der Waals surface area contributed by atoms with Crippen LogP contribution < -0.4 is 16.4 Å². The van der Waals surface area contributed by atoms with E-state index in [-0.39, 0.29) is 17.4 Å². The largest absolute Gasteiger partial charge is 0.366 e. The van der Waals surface area contributed by atoms with E-state index in [4.69, 9.17) is 5.73 Å². The molecule has 1 aliphatic heterocycles. The summed E-state index contributed by atoms with van der Waals surface area (Å²) in [5.41, 5.74) is 5.81. The molecule has 1 aromatic rings. The second-order valence-electron chi connectivity index (χ2n) is 4.06. The molecule has 0 saturated carbocycles. The van der Waals surface area contributed by atoms with Gasteiger partial charge in [0.25, 0.3) is 5.91 Å². The number of nitrogens with one attached hydrogen (secondary N) is 2. The Labute approximate surface area is 104 Å². The highest BCUT2D eigenvalue weighted by molar-refractivity contribution is 6.05. The summed E-state index contributed by atoms with van der Waals surface area (Å²) >= 11 is 0. The summed E-state index contributed by atoms with van der Waals surface area (Å²) in [7, 11) is 0. The Bertz CT molecular complexity index is 513. The molecular weight excluding hydrogens is 234 g/mol. The number of carbonyl (C=O) groups excluding carboxylic acids is 3. The molecule has 0 bridgehead atoms. The lowest BCUT2D eigenvalue weighted by molar-refractivity contribution is -0.122. The Balaban J connectivity index is 2.12. The number of hydrogen-bond acceptors (Lipinski definition) is 3. The van der Waals surface area contributed by atoms with Gasteiger partial charge >= 0.3 is 0 Å². The van der Waals surface area contributed by atoms with Crippen molar-refractivity contribution in [2.45, 2.75) is 18.9 Å². The van der Waals surface area contributed by atoms with Gasteiger partial charge in [-0.25, -0.2) is 0 Å². The van der Waals surface area contributed by atoms with Crippen molar-refractivity contribution in [2.75, 3.05) is 5.32 Å². The first-order valence-electron chi connectivity index (χ1n) is 5.57. The number of benzene rings is 1. The molecule has 18 heavy (non-hydrogen) atoms. The Morgan fingerprint density at radius 1 is 1.33 bits per heavy atom. The molecule has 0 aliphatic carbocycles. The third-order valence-electron chi connectivity index (χ3n) is 2.76. The average molecular weight is 247 g/mol. The number of carbonyl (C=O) groups is 3. The topological polar surface area (TPSA) is 101 Å². The van der Waals surface area contributed by atoms with Crippen molar-refractivity contribution in [3.63, 3.8) is 0 Å². The van der Waals surface area contributed by atoms with Crippen molar-refractivity contribution < 1.29 is 14.4 Å². The zero-order chi connectivity index (χ0) is 13.1. The molecule has 2 rings (SSSR count). The molecule has 1 saturated heterocycles. The number of amides is 3. The van der Waals surface area contributed by atoms with E-state index in [1.165, 1.54) is 6.07 Å². The molecule has 1 aromatic carbocycles. The number of para-hydroxylation sites is 1. The fraction of sp³-hybridized carbons (Fsp3) is 0.250. The molecule has 4 N–H and O–H groups in total. The van der Waals surface area contributed by atoms with Crippen LogP contribution in [0.1, 0.15) is 23.2 Å². The zero-order valence-corrected chi connectivity index (χ0v) is 9.60. The van der Waals surface area contributed by atoms with Crippen LogP contribution in [0.2, 0.25) is 0 Å². The minimum absolute atomic E-state index is 0.140. The molecule has 94 valence electrons. The van der Waals surface area contributed by atoms with Crippen LogP contribution in [0.3, 0.4) is 0 Å². The van der Waals surface area contributed by atoms with Gasteiger partial charge in [-0.1, -0.05) is 12.1 Å². The summed E-state index contributed by atoms with van der Waals surface area (Å²) in [6.45, 7) is 0. The van der Waals surface area contributed by atoms with Gasteiger partial charge in [0.2, 0.25) is 11.8 Å². The van der Waals surface area contributed by atoms with Gasteiger partial charge in [-0.3, -0.25) is 14.4 Å². The maximum absolute atomic E-state index is 11.9. The third kappa shape index (κ3) is 2.48. The van der Waals surface area contributed by atoms with Crippen LogP contribution in [0, 0.1) is 0 Å². The van der Waals surface area contributed by atoms with Gasteiger partial charge in [0.15, 0.2) is 0 Å². The third-order valence-corrected chi connectivity index (χ3v) is 2.76. The first kappa shape index (κ1) is 12.1. The molecular formula is C12H13N3O3. The standard InChI is InChI=1S/C12H13N3O3/c13-11(17)7-3-1-2-4-8(7)15-12(18)9-5-6-10(16)14-9/h1-4,9H,5-6H2,(H2,13,17)(H,14,16)(H,15,18). The number of hydrogen-bond donors (Lipinski definition) is 3. The first-order chi connectivity index (χ1) is 8.58. The first-order valence-corrected chi connectivity index (χ1v) is 5.57. The fourth-order valence-electron chi connectivity index (χ4n) is 1.84. The molecule has 0 aromatic heterocycles. The highest BCUT2D eigenvalue weighted by Gasteiger charge is 2.27. The summed E-state index contributed by atoms with van der Waals surface area (Å²) in [6, 6.07) is 5.93. The fourth-order valence-corrected chi connectivity index (χ4v) is 1.84. The average Bonchev–Trinajstić information content (AvgIpc) is 2.76. The molecule has 1 aliphatic rings. The van der Waals surface area contributed by atoms with Crippen LogP contribution in [-0.2, 0) is 9.59 Å². The lowest BCUT2D eigenvalue weighted by Crippen LogP contribution is -2.37. The Morgan fingerprint density at radius 3 is 2.67 bits per heavy atom. The minimum Gasteiger partial charge on any atom is -0.366 e. The quantitative estimate of drug-likeness (QED) is 0.700. The van der Waals surface area contributed by atoms with Gasteiger partial charge in [0, 0.05) is 6.42 Å². The SMILES string of the molecule is NC(=O)c1ccccc1NC(=O)C1CCC(=O)N1. The maximum atomic E-state index is 11.9. The van der Waals surface area contributed by atoms with Crippen molar-refractivity contribution >= 4 is 23.4 Å². The van der Waals surface area contributed by atoms with Gasteiger partial charge in [-0.05, 0) is 18.6 Å². The van der Waals surface area contributed by atoms with Gasteiger partial charge in [-0.15, -0.1) is 0 Å². The van der Waals surface area contributed by atoms with Crippen molar-refractivity contribution in [1.29, 1.82) is 0 Å². The molecule has 1 atom stereocenters. The van der Waals surface area contributed by atoms with E-state index in [0.29, 0.717) is 18.5 Å². The van der Waals surface area contributed by atoms with Gasteiger partial charge in [0.1, 0.15) is 6.04 Å². The molecule has 6 heteroatoms. The molecule has 1 fully saturated rings. The second-order valence-corrected chi connectivity index (χ2v) is 4.06. The van der Waals surface area contributed by atoms with Crippen LogP contribution in [0.15, 0.2) is 24.3 Å². The maximum Gasteiger partial charge on any atom is 0.250 e. The monoisotopic (exact) mass is 247 g/mol. The van der Waals surface area contributed by atoms with E-state index in [0.717, 1.165) is 0 Å². The van der Waals surface area contributed by atoms with Gasteiger partial charge in [0.05, 0.1) is 11.3 Å². The Kier molecular flexibility index (Phi) is 3.27. The van der Waals surface area contributed by atoms with Crippen molar-refractivity contribution in [3.05, 3.63) is 29.8 Å². The van der Waals surface area contributed by atoms with Crippen molar-refractivity contribution in [2.24, 2.45) is 5.73 Å². The number of rotatable bonds is 3. The smallest absolute Gasteiger partial charge is 0.250 e. The normalized spacial score (nSPS) is 18.2. The van der Waals surface area contributed by atoms with E-state index in [2.05, 4.69) is 10.6 Å². The van der Waals surface area contributed by atoms with E-state index in [1.807, 2.05) is 0 Å². The lowest BCUT2D eigenvalue weighted by atomic mass is 10.1. The van der Waals surface area contributed by atoms with E-state index in [1.54, 1.807) is 18.2 Å². The van der Waals surface area contributed by atoms with Crippen LogP contribution in [0.4, 0.5) is 5.69 Å². The molecule has 1 unspecified atom stereocenters. The van der Waals surface area contributed by atoms with Crippen LogP contribution in [-0.4, -0.2) is 23.8 Å². The van der Waals surface area contributed by atoms with Gasteiger partial charge < -0.3 is 16.4 Å². The minimum atomic E-state index is -0.610. The molecule has 3 amide bonds. The van der Waals surface area contributed by atoms with E-state index < -0.39 is 11.9 Å². The summed E-state index contributed by atoms with van der Waals surface area (Å²) in [4.78, 5) is 34.1. The zero-order valence-electron chi connectivity index (χ0n) is 9.60. The molecule has 6 nitrogen and oxygen atoms in total. The van der Waals surface area contributed by atoms with Crippen molar-refractivity contribution in [1.82, 2.24) is 5.32 Å². The highest BCUT2D eigenvalue weighted by Crippen LogP contribution is 2.16. The van der Waals surface area contributed by atoms with E-state index >= 15 is 0 Å². The summed E-state index contributed by atoms with van der Waals surface area (Å²) in [6.07, 6.45) is 0.805. The predicted molar refractivity (Wildman–Crippen MR) is 64.8 cm³/mol. The van der Waals surface area contributed by atoms with Crippen LogP contribution in [0.25, 0.3) is 0 Å². The second kappa shape index (κ2) is 4.87. The van der Waals surface area contributed by atoms with Crippen molar-refractivity contribution in [3.8, 4) is 0 Å². The van der Waals surface area contributed by atoms with Crippen LogP contribution >= 0.6 is 0 Å². The number of primary amides is 1. The predicted octanol–water partition coefficient (Wildman–Crippen LogP) is 0.00260. The Morgan fingerprint density at radius 2 is 2.06 bits per heavy atom. The van der Waals surface area contributed by atoms with Crippen LogP contribution in [0.5, 0.6) is 0 Å². The molecule has 0 spiro atoms. The molecule has 1 heterocycles. The van der Waals surface area contributed by atoms with Gasteiger partial charge in [-0.2, -0.15) is 0 Å². The lowest BCUT2D eigenvalue weighted by Gasteiger charge is -2.12. The summed E-state index contributed by atoms with van der Waals surface area (Å²) < 4.78 is 0. The number of anilines is 1. The summed E-state index contributed by atoms with van der Waals surface area (Å²) in [5, 5.41) is 5.16. The molecule has 0 radical (unpaired) electrons. The highest BCUT2D eigenvalue weighted by atomic mass is 16.2.